The Kier molecular flexibility index (Phi) is 3.75. The summed E-state index contributed by atoms with van der Waals surface area (Å²) in [5, 5.41) is 9.27. The second-order valence-corrected chi connectivity index (χ2v) is 8.77. The number of hydrogen-bond acceptors (Lipinski definition) is 5. The van der Waals surface area contributed by atoms with Gasteiger partial charge < -0.3 is 4.52 Å². The van der Waals surface area contributed by atoms with Gasteiger partial charge in [-0.05, 0) is 23.1 Å². The SMILES string of the molecule is CC1(C)[C@@H](c2ccc(S(N)(=O)=O)cc2)[C@@H]1c1nc(-c2ccccc2)no1. The summed E-state index contributed by atoms with van der Waals surface area (Å²) in [7, 11) is -3.69. The molecule has 1 aliphatic rings. The summed E-state index contributed by atoms with van der Waals surface area (Å²) in [6, 6.07) is 16.4. The van der Waals surface area contributed by atoms with Crippen molar-refractivity contribution in [2.45, 2.75) is 30.6 Å². The third-order valence-electron chi connectivity index (χ3n) is 5.13. The zero-order valence-electron chi connectivity index (χ0n) is 14.5. The Morgan fingerprint density at radius 2 is 1.65 bits per heavy atom. The molecule has 0 spiro atoms. The molecule has 1 fully saturated rings. The molecule has 1 saturated carbocycles. The van der Waals surface area contributed by atoms with E-state index in [0.29, 0.717) is 11.7 Å². The van der Waals surface area contributed by atoms with Crippen LogP contribution < -0.4 is 5.14 Å². The van der Waals surface area contributed by atoms with E-state index >= 15 is 0 Å². The maximum atomic E-state index is 11.4. The lowest BCUT2D eigenvalue weighted by molar-refractivity contribution is 0.368. The standard InChI is InChI=1S/C19H19N3O3S/c1-19(2)15(12-8-10-14(11-9-12)26(20,23)24)16(19)18-21-17(22-25-18)13-6-4-3-5-7-13/h3-11,15-16H,1-2H3,(H2,20,23,24)/t15-,16+/m0/s1. The van der Waals surface area contributed by atoms with Crippen molar-refractivity contribution in [3.63, 3.8) is 0 Å². The fraction of sp³-hybridized carbons (Fsp3) is 0.263. The minimum atomic E-state index is -3.69. The summed E-state index contributed by atoms with van der Waals surface area (Å²) in [5.41, 5.74) is 1.89. The molecule has 0 saturated heterocycles. The summed E-state index contributed by atoms with van der Waals surface area (Å²) in [6.45, 7) is 4.28. The smallest absolute Gasteiger partial charge is 0.238 e. The van der Waals surface area contributed by atoms with Crippen LogP contribution in [0.2, 0.25) is 0 Å². The van der Waals surface area contributed by atoms with Gasteiger partial charge in [-0.2, -0.15) is 4.98 Å². The van der Waals surface area contributed by atoms with Crippen molar-refractivity contribution in [3.8, 4) is 11.4 Å². The first-order valence-electron chi connectivity index (χ1n) is 8.30. The third kappa shape index (κ3) is 2.83. The van der Waals surface area contributed by atoms with E-state index in [-0.39, 0.29) is 22.1 Å². The zero-order chi connectivity index (χ0) is 18.5. The van der Waals surface area contributed by atoms with Crippen LogP contribution in [0, 0.1) is 5.41 Å². The van der Waals surface area contributed by atoms with Crippen LogP contribution in [0.1, 0.15) is 37.1 Å². The van der Waals surface area contributed by atoms with Crippen LogP contribution in [0.15, 0.2) is 64.0 Å². The average Bonchev–Trinajstić information content (AvgIpc) is 2.95. The van der Waals surface area contributed by atoms with Crippen LogP contribution in [0.5, 0.6) is 0 Å². The van der Waals surface area contributed by atoms with Crippen molar-refractivity contribution in [1.82, 2.24) is 10.1 Å². The summed E-state index contributed by atoms with van der Waals surface area (Å²) in [4.78, 5) is 4.69. The molecule has 0 aliphatic heterocycles. The molecule has 3 aromatic rings. The first-order valence-corrected chi connectivity index (χ1v) is 9.85. The van der Waals surface area contributed by atoms with Gasteiger partial charge >= 0.3 is 0 Å². The normalized spacial score (nSPS) is 21.5. The molecule has 1 aliphatic carbocycles. The molecule has 6 nitrogen and oxygen atoms in total. The highest BCUT2D eigenvalue weighted by Gasteiger charge is 2.62. The molecule has 0 bridgehead atoms. The molecular formula is C19H19N3O3S. The van der Waals surface area contributed by atoms with Crippen LogP contribution in [0.25, 0.3) is 11.4 Å². The van der Waals surface area contributed by atoms with Gasteiger partial charge in [0.25, 0.3) is 0 Å². The number of aromatic nitrogens is 2. The first-order chi connectivity index (χ1) is 12.3. The summed E-state index contributed by atoms with van der Waals surface area (Å²) < 4.78 is 28.4. The Labute approximate surface area is 152 Å². The predicted molar refractivity (Wildman–Crippen MR) is 96.8 cm³/mol. The minimum absolute atomic E-state index is 0.0520. The largest absolute Gasteiger partial charge is 0.339 e. The van der Waals surface area contributed by atoms with Gasteiger partial charge in [0.15, 0.2) is 0 Å². The molecule has 2 atom stereocenters. The van der Waals surface area contributed by atoms with Gasteiger partial charge in [-0.25, -0.2) is 13.6 Å². The summed E-state index contributed by atoms with van der Waals surface area (Å²) in [6.07, 6.45) is 0. The van der Waals surface area contributed by atoms with Crippen molar-refractivity contribution >= 4 is 10.0 Å². The maximum absolute atomic E-state index is 11.4. The molecule has 4 rings (SSSR count). The second-order valence-electron chi connectivity index (χ2n) is 7.21. The Morgan fingerprint density at radius 1 is 1.00 bits per heavy atom. The number of nitrogens with two attached hydrogens (primary N) is 1. The van der Waals surface area contributed by atoms with E-state index in [2.05, 4.69) is 24.0 Å². The van der Waals surface area contributed by atoms with E-state index in [1.807, 2.05) is 30.3 Å². The van der Waals surface area contributed by atoms with Crippen molar-refractivity contribution in [1.29, 1.82) is 0 Å². The number of sulfonamides is 1. The van der Waals surface area contributed by atoms with Gasteiger partial charge in [0.1, 0.15) is 0 Å². The highest BCUT2D eigenvalue weighted by atomic mass is 32.2. The van der Waals surface area contributed by atoms with Gasteiger partial charge in [-0.15, -0.1) is 0 Å². The van der Waals surface area contributed by atoms with Crippen LogP contribution in [-0.2, 0) is 10.0 Å². The third-order valence-corrected chi connectivity index (χ3v) is 6.06. The fourth-order valence-corrected chi connectivity index (χ4v) is 4.17. The fourth-order valence-electron chi connectivity index (χ4n) is 3.65. The molecule has 0 unspecified atom stereocenters. The Bertz CT molecular complexity index is 1040. The van der Waals surface area contributed by atoms with Crippen LogP contribution in [0.3, 0.4) is 0 Å². The van der Waals surface area contributed by atoms with Gasteiger partial charge in [0.05, 0.1) is 10.8 Å². The predicted octanol–water partition coefficient (Wildman–Crippen LogP) is 3.29. The first kappa shape index (κ1) is 16.9. The monoisotopic (exact) mass is 369 g/mol. The van der Waals surface area contributed by atoms with Gasteiger partial charge in [-0.1, -0.05) is 61.5 Å². The number of rotatable bonds is 4. The van der Waals surface area contributed by atoms with Crippen molar-refractivity contribution in [2.75, 3.05) is 0 Å². The second kappa shape index (κ2) is 5.75. The van der Waals surface area contributed by atoms with E-state index in [1.54, 1.807) is 24.3 Å². The Hall–Kier alpha value is -2.51. The van der Waals surface area contributed by atoms with Gasteiger partial charge in [0.2, 0.25) is 21.7 Å². The molecule has 2 aromatic carbocycles. The summed E-state index contributed by atoms with van der Waals surface area (Å²) in [5.74, 6) is 1.45. The van der Waals surface area contributed by atoms with Crippen LogP contribution in [0.4, 0.5) is 0 Å². The van der Waals surface area contributed by atoms with E-state index < -0.39 is 10.0 Å². The average molecular weight is 369 g/mol. The lowest BCUT2D eigenvalue weighted by Crippen LogP contribution is -2.11. The van der Waals surface area contributed by atoms with Gasteiger partial charge in [-0.3, -0.25) is 0 Å². The highest BCUT2D eigenvalue weighted by molar-refractivity contribution is 7.89. The number of primary sulfonamides is 1. The lowest BCUT2D eigenvalue weighted by Gasteiger charge is -2.04. The number of benzene rings is 2. The lowest BCUT2D eigenvalue weighted by atomic mass is 10.0. The van der Waals surface area contributed by atoms with Crippen molar-refractivity contribution in [3.05, 3.63) is 66.1 Å². The maximum Gasteiger partial charge on any atom is 0.238 e. The van der Waals surface area contributed by atoms with E-state index in [0.717, 1.165) is 11.1 Å². The summed E-state index contributed by atoms with van der Waals surface area (Å²) >= 11 is 0. The minimum Gasteiger partial charge on any atom is -0.339 e. The Balaban J connectivity index is 1.62. The molecule has 2 N–H and O–H groups in total. The zero-order valence-corrected chi connectivity index (χ0v) is 15.3. The molecule has 7 heteroatoms. The van der Waals surface area contributed by atoms with Crippen molar-refractivity contribution < 1.29 is 12.9 Å². The number of nitrogens with zero attached hydrogens (tertiary/aromatic N) is 2. The molecule has 0 radical (unpaired) electrons. The quantitative estimate of drug-likeness (QED) is 0.761. The molecule has 0 amide bonds. The molecule has 1 aromatic heterocycles. The molecule has 26 heavy (non-hydrogen) atoms. The Morgan fingerprint density at radius 3 is 2.27 bits per heavy atom. The van der Waals surface area contributed by atoms with Crippen LogP contribution in [-0.4, -0.2) is 18.6 Å². The topological polar surface area (TPSA) is 99.1 Å². The van der Waals surface area contributed by atoms with Crippen molar-refractivity contribution in [2.24, 2.45) is 10.6 Å². The molecule has 1 heterocycles. The van der Waals surface area contributed by atoms with E-state index in [1.165, 1.54) is 0 Å². The molecular weight excluding hydrogens is 350 g/mol. The molecule has 134 valence electrons. The highest BCUT2D eigenvalue weighted by Crippen LogP contribution is 2.69. The van der Waals surface area contributed by atoms with Crippen LogP contribution >= 0.6 is 0 Å². The number of hydrogen-bond donors (Lipinski definition) is 1. The van der Waals surface area contributed by atoms with E-state index in [4.69, 9.17) is 9.66 Å². The van der Waals surface area contributed by atoms with E-state index in [9.17, 15) is 8.42 Å². The van der Waals surface area contributed by atoms with Gasteiger partial charge in [0, 0.05) is 11.5 Å².